The van der Waals surface area contributed by atoms with E-state index in [2.05, 4.69) is 16.6 Å². The van der Waals surface area contributed by atoms with E-state index in [0.29, 0.717) is 12.0 Å². The van der Waals surface area contributed by atoms with Gasteiger partial charge in [-0.3, -0.25) is 4.68 Å². The predicted octanol–water partition coefficient (Wildman–Crippen LogP) is 4.13. The summed E-state index contributed by atoms with van der Waals surface area (Å²) in [7, 11) is 2.00. The van der Waals surface area contributed by atoms with Crippen LogP contribution in [0.25, 0.3) is 11.2 Å². The van der Waals surface area contributed by atoms with Gasteiger partial charge in [-0.2, -0.15) is 5.10 Å². The maximum absolute atomic E-state index is 6.40. The second-order valence-corrected chi connectivity index (χ2v) is 6.82. The SMILES string of the molecule is Cc1nn(C)c2c1nc(C(C)Cl)n2C1CCCCC1C. The molecule has 0 spiro atoms. The van der Waals surface area contributed by atoms with Gasteiger partial charge < -0.3 is 4.57 Å². The first-order valence-corrected chi connectivity index (χ1v) is 7.99. The Morgan fingerprint density at radius 1 is 1.30 bits per heavy atom. The molecule has 110 valence electrons. The van der Waals surface area contributed by atoms with Crippen LogP contribution in [-0.2, 0) is 7.05 Å². The highest BCUT2D eigenvalue weighted by molar-refractivity contribution is 6.20. The Morgan fingerprint density at radius 2 is 2.00 bits per heavy atom. The summed E-state index contributed by atoms with van der Waals surface area (Å²) >= 11 is 6.40. The minimum atomic E-state index is -0.0732. The summed E-state index contributed by atoms with van der Waals surface area (Å²) in [5.74, 6) is 1.67. The normalized spacial score (nSPS) is 25.2. The number of aromatic nitrogens is 4. The van der Waals surface area contributed by atoms with Crippen LogP contribution in [0.1, 0.15) is 62.5 Å². The van der Waals surface area contributed by atoms with Crippen molar-refractivity contribution in [2.75, 3.05) is 0 Å². The predicted molar refractivity (Wildman–Crippen MR) is 82.2 cm³/mol. The Kier molecular flexibility index (Phi) is 3.53. The molecule has 0 amide bonds. The van der Waals surface area contributed by atoms with E-state index < -0.39 is 0 Å². The minimum Gasteiger partial charge on any atom is -0.308 e. The number of halogens is 1. The van der Waals surface area contributed by atoms with Crippen molar-refractivity contribution in [1.82, 2.24) is 19.3 Å². The van der Waals surface area contributed by atoms with Crippen molar-refractivity contribution in [3.05, 3.63) is 11.5 Å². The van der Waals surface area contributed by atoms with E-state index in [9.17, 15) is 0 Å². The maximum atomic E-state index is 6.40. The molecule has 2 aromatic rings. The average Bonchev–Trinajstić information content (AvgIpc) is 2.90. The summed E-state index contributed by atoms with van der Waals surface area (Å²) in [5.41, 5.74) is 3.12. The van der Waals surface area contributed by atoms with Gasteiger partial charge in [0, 0.05) is 13.1 Å². The van der Waals surface area contributed by atoms with Gasteiger partial charge in [0.15, 0.2) is 5.65 Å². The van der Waals surface area contributed by atoms with Crippen LogP contribution < -0.4 is 0 Å². The Hall–Kier alpha value is -1.03. The molecule has 3 unspecified atom stereocenters. The van der Waals surface area contributed by atoms with Gasteiger partial charge in [-0.25, -0.2) is 4.98 Å². The molecule has 3 rings (SSSR count). The van der Waals surface area contributed by atoms with Crippen LogP contribution in [0.5, 0.6) is 0 Å². The lowest BCUT2D eigenvalue weighted by Crippen LogP contribution is -2.24. The molecule has 0 bridgehead atoms. The second kappa shape index (κ2) is 5.06. The van der Waals surface area contributed by atoms with Gasteiger partial charge in [0.1, 0.15) is 11.3 Å². The lowest BCUT2D eigenvalue weighted by Gasteiger charge is -2.31. The van der Waals surface area contributed by atoms with E-state index in [-0.39, 0.29) is 5.38 Å². The molecule has 0 N–H and O–H groups in total. The number of rotatable bonds is 2. The van der Waals surface area contributed by atoms with Crippen molar-refractivity contribution in [2.24, 2.45) is 13.0 Å². The van der Waals surface area contributed by atoms with Gasteiger partial charge in [0.2, 0.25) is 0 Å². The summed E-state index contributed by atoms with van der Waals surface area (Å²) in [5, 5.41) is 4.45. The molecule has 0 aliphatic heterocycles. The third-order valence-electron chi connectivity index (χ3n) is 4.62. The third-order valence-corrected chi connectivity index (χ3v) is 4.81. The monoisotopic (exact) mass is 294 g/mol. The standard InChI is InChI=1S/C15H23ClN4/c1-9-7-5-6-8-12(9)20-14(10(2)16)17-13-11(3)18-19(4)15(13)20/h9-10,12H,5-8H2,1-4H3. The first-order chi connectivity index (χ1) is 9.50. The first-order valence-electron chi connectivity index (χ1n) is 7.56. The Balaban J connectivity index is 2.22. The molecule has 2 aromatic heterocycles. The fourth-order valence-corrected chi connectivity index (χ4v) is 3.75. The zero-order valence-corrected chi connectivity index (χ0v) is 13.5. The van der Waals surface area contributed by atoms with Crippen LogP contribution in [0.3, 0.4) is 0 Å². The van der Waals surface area contributed by atoms with Crippen LogP contribution in [-0.4, -0.2) is 19.3 Å². The largest absolute Gasteiger partial charge is 0.308 e. The molecule has 0 saturated heterocycles. The van der Waals surface area contributed by atoms with Crippen molar-refractivity contribution in [3.8, 4) is 0 Å². The smallest absolute Gasteiger partial charge is 0.158 e. The number of aryl methyl sites for hydroxylation is 2. The van der Waals surface area contributed by atoms with E-state index in [4.69, 9.17) is 16.6 Å². The highest BCUT2D eigenvalue weighted by Gasteiger charge is 2.30. The van der Waals surface area contributed by atoms with E-state index >= 15 is 0 Å². The lowest BCUT2D eigenvalue weighted by molar-refractivity contribution is 0.255. The molecule has 20 heavy (non-hydrogen) atoms. The third kappa shape index (κ3) is 2.05. The quantitative estimate of drug-likeness (QED) is 0.781. The molecule has 3 atom stereocenters. The first kappa shape index (κ1) is 13.9. The number of hydrogen-bond donors (Lipinski definition) is 0. The zero-order valence-electron chi connectivity index (χ0n) is 12.7. The van der Waals surface area contributed by atoms with Gasteiger partial charge in [0.25, 0.3) is 0 Å². The van der Waals surface area contributed by atoms with Gasteiger partial charge in [-0.05, 0) is 32.6 Å². The Bertz CT molecular complexity index is 625. The van der Waals surface area contributed by atoms with E-state index in [1.165, 1.54) is 25.7 Å². The summed E-state index contributed by atoms with van der Waals surface area (Å²) in [6.07, 6.45) is 5.14. The highest BCUT2D eigenvalue weighted by atomic mass is 35.5. The molecule has 0 aromatic carbocycles. The number of hydrogen-bond acceptors (Lipinski definition) is 2. The molecule has 1 aliphatic carbocycles. The molecule has 4 nitrogen and oxygen atoms in total. The van der Waals surface area contributed by atoms with Crippen molar-refractivity contribution >= 4 is 22.8 Å². The van der Waals surface area contributed by atoms with E-state index in [1.807, 2.05) is 25.6 Å². The Morgan fingerprint density at radius 3 is 2.65 bits per heavy atom. The zero-order chi connectivity index (χ0) is 14.4. The maximum Gasteiger partial charge on any atom is 0.158 e. The van der Waals surface area contributed by atoms with Gasteiger partial charge >= 0.3 is 0 Å². The summed E-state index contributed by atoms with van der Waals surface area (Å²) in [6.45, 7) is 6.38. The lowest BCUT2D eigenvalue weighted by atomic mass is 9.85. The van der Waals surface area contributed by atoms with Crippen LogP contribution in [0.4, 0.5) is 0 Å². The number of fused-ring (bicyclic) bond motifs is 1. The second-order valence-electron chi connectivity index (χ2n) is 6.17. The van der Waals surface area contributed by atoms with Crippen molar-refractivity contribution in [1.29, 1.82) is 0 Å². The molecule has 0 radical (unpaired) electrons. The number of imidazole rings is 1. The van der Waals surface area contributed by atoms with Crippen LogP contribution >= 0.6 is 11.6 Å². The molecule has 1 aliphatic rings. The molecule has 2 heterocycles. The Labute approximate surface area is 125 Å². The minimum absolute atomic E-state index is 0.0732. The number of nitrogens with zero attached hydrogens (tertiary/aromatic N) is 4. The summed E-state index contributed by atoms with van der Waals surface area (Å²) in [6, 6.07) is 0.500. The number of alkyl halides is 1. The van der Waals surface area contributed by atoms with Crippen molar-refractivity contribution in [3.63, 3.8) is 0 Å². The van der Waals surface area contributed by atoms with Crippen molar-refractivity contribution < 1.29 is 0 Å². The summed E-state index contributed by atoms with van der Waals surface area (Å²) in [4.78, 5) is 4.79. The van der Waals surface area contributed by atoms with E-state index in [0.717, 1.165) is 22.7 Å². The summed E-state index contributed by atoms with van der Waals surface area (Å²) < 4.78 is 4.33. The van der Waals surface area contributed by atoms with Crippen LogP contribution in [0.2, 0.25) is 0 Å². The molecular formula is C15H23ClN4. The fraction of sp³-hybridized carbons (Fsp3) is 0.733. The van der Waals surface area contributed by atoms with Crippen LogP contribution in [0, 0.1) is 12.8 Å². The molecule has 1 fully saturated rings. The molecule has 5 heteroatoms. The van der Waals surface area contributed by atoms with Crippen LogP contribution in [0.15, 0.2) is 0 Å². The molecule has 1 saturated carbocycles. The highest BCUT2D eigenvalue weighted by Crippen LogP contribution is 2.39. The average molecular weight is 295 g/mol. The van der Waals surface area contributed by atoms with E-state index in [1.54, 1.807) is 0 Å². The molecular weight excluding hydrogens is 272 g/mol. The topological polar surface area (TPSA) is 35.6 Å². The van der Waals surface area contributed by atoms with Crippen molar-refractivity contribution in [2.45, 2.75) is 57.9 Å². The van der Waals surface area contributed by atoms with Gasteiger partial charge in [0.05, 0.1) is 11.1 Å². The fourth-order valence-electron chi connectivity index (χ4n) is 3.60. The van der Waals surface area contributed by atoms with Gasteiger partial charge in [-0.15, -0.1) is 11.6 Å². The van der Waals surface area contributed by atoms with Gasteiger partial charge in [-0.1, -0.05) is 19.8 Å².